The highest BCUT2D eigenvalue weighted by Gasteiger charge is 2.34. The number of carboxylic acids is 1. The molecule has 0 spiro atoms. The summed E-state index contributed by atoms with van der Waals surface area (Å²) in [4.78, 5) is 102. The molecule has 0 aliphatic carbocycles. The van der Waals surface area contributed by atoms with E-state index < -0.39 is 103 Å². The minimum Gasteiger partial charge on any atom is -0.480 e. The Morgan fingerprint density at radius 3 is 1.58 bits per heavy atom. The van der Waals surface area contributed by atoms with E-state index in [1.165, 1.54) is 18.7 Å². The average Bonchev–Trinajstić information content (AvgIpc) is 3.07. The second kappa shape index (κ2) is 26.7. The third-order valence-electron chi connectivity index (χ3n) is 7.90. The van der Waals surface area contributed by atoms with Crippen molar-refractivity contribution in [2.75, 3.05) is 25.1 Å². The van der Waals surface area contributed by atoms with Crippen molar-refractivity contribution in [2.45, 2.75) is 122 Å². The van der Waals surface area contributed by atoms with Gasteiger partial charge < -0.3 is 65.0 Å². The van der Waals surface area contributed by atoms with Crippen LogP contribution >= 0.6 is 11.8 Å². The lowest BCUT2D eigenvalue weighted by atomic mass is 10.0. The van der Waals surface area contributed by atoms with Crippen molar-refractivity contribution in [3.8, 4) is 0 Å². The molecule has 22 heteroatoms. The van der Waals surface area contributed by atoms with Crippen LogP contribution in [-0.4, -0.2) is 131 Å². The molecule has 0 saturated carbocycles. The molecule has 0 unspecified atom stereocenters. The third-order valence-corrected chi connectivity index (χ3v) is 8.55. The van der Waals surface area contributed by atoms with Crippen molar-refractivity contribution in [1.29, 1.82) is 0 Å². The predicted molar refractivity (Wildman–Crippen MR) is 204 cm³/mol. The van der Waals surface area contributed by atoms with E-state index in [1.54, 1.807) is 20.1 Å². The van der Waals surface area contributed by atoms with E-state index in [9.17, 15) is 43.5 Å². The summed E-state index contributed by atoms with van der Waals surface area (Å²) in [5.74, 6) is -6.56. The van der Waals surface area contributed by atoms with E-state index in [4.69, 9.17) is 22.3 Å². The second-order valence-electron chi connectivity index (χ2n) is 14.1. The number of hydrogen-bond donors (Lipinski definition) is 13. The molecule has 7 atom stereocenters. The van der Waals surface area contributed by atoms with Gasteiger partial charge in [0.25, 0.3) is 5.91 Å². The van der Waals surface area contributed by atoms with Crippen LogP contribution in [0.5, 0.6) is 0 Å². The third kappa shape index (κ3) is 22.2. The Bertz CT molecular complexity index is 1290. The van der Waals surface area contributed by atoms with Crippen molar-refractivity contribution in [1.82, 2.24) is 37.2 Å². The van der Waals surface area contributed by atoms with E-state index >= 15 is 0 Å². The van der Waals surface area contributed by atoms with Gasteiger partial charge in [0, 0.05) is 0 Å². The first-order valence-corrected chi connectivity index (χ1v) is 19.5. The van der Waals surface area contributed by atoms with E-state index in [0.717, 1.165) is 0 Å². The number of primary amides is 1. The molecule has 21 nitrogen and oxygen atoms in total. The number of rotatable bonds is 28. The summed E-state index contributed by atoms with van der Waals surface area (Å²) in [6.07, 6.45) is -0.00507. The van der Waals surface area contributed by atoms with Gasteiger partial charge in [-0.2, -0.15) is 11.8 Å². The summed E-state index contributed by atoms with van der Waals surface area (Å²) in [5.41, 5.74) is 19.9. The number of amides is 7. The number of aliphatic carboxylic acids is 1. The van der Waals surface area contributed by atoms with Crippen molar-refractivity contribution in [3.05, 3.63) is 0 Å². The van der Waals surface area contributed by atoms with E-state index in [1.807, 2.05) is 13.8 Å². The maximum atomic E-state index is 13.8. The highest BCUT2D eigenvalue weighted by Crippen LogP contribution is 2.11. The molecule has 0 bridgehead atoms. The number of nitrogens with two attached hydrogens (primary N) is 3. The lowest BCUT2D eigenvalue weighted by Gasteiger charge is -2.28. The average molecular weight is 807 g/mol. The van der Waals surface area contributed by atoms with Crippen LogP contribution in [0.1, 0.15) is 73.1 Å². The van der Waals surface area contributed by atoms with Crippen molar-refractivity contribution in [3.63, 3.8) is 0 Å². The number of carbonyl (C=O) groups is 8. The van der Waals surface area contributed by atoms with Gasteiger partial charge in [0.1, 0.15) is 43.0 Å². The largest absolute Gasteiger partial charge is 0.480 e. The maximum absolute atomic E-state index is 13.8. The van der Waals surface area contributed by atoms with Gasteiger partial charge in [0.15, 0.2) is 6.04 Å². The molecular weight excluding hydrogens is 742 g/mol. The van der Waals surface area contributed by atoms with Crippen LogP contribution < -0.4 is 60.2 Å². The monoisotopic (exact) mass is 806 g/mol. The molecular formula is C33H64N11O10S+. The molecule has 0 saturated heterocycles. The first kappa shape index (κ1) is 50.9. The smallest absolute Gasteiger partial charge is 0.322 e. The van der Waals surface area contributed by atoms with Gasteiger partial charge in [-0.15, -0.1) is 0 Å². The lowest BCUT2D eigenvalue weighted by Crippen LogP contribution is -2.70. The van der Waals surface area contributed by atoms with Gasteiger partial charge in [-0.25, -0.2) is 0 Å². The van der Waals surface area contributed by atoms with Gasteiger partial charge in [0.2, 0.25) is 35.4 Å². The zero-order valence-corrected chi connectivity index (χ0v) is 33.5. The van der Waals surface area contributed by atoms with Crippen molar-refractivity contribution >= 4 is 59.1 Å². The number of aliphatic hydroxyl groups excluding tert-OH is 1. The van der Waals surface area contributed by atoms with Gasteiger partial charge in [-0.3, -0.25) is 43.7 Å². The number of quaternary nitrogens is 1. The van der Waals surface area contributed by atoms with Crippen LogP contribution in [0.2, 0.25) is 0 Å². The van der Waals surface area contributed by atoms with Crippen LogP contribution in [0.15, 0.2) is 0 Å². The van der Waals surface area contributed by atoms with Gasteiger partial charge in [0.05, 0.1) is 12.5 Å². The Labute approximate surface area is 326 Å². The molecule has 0 aromatic rings. The molecule has 0 aliphatic rings. The zero-order valence-electron chi connectivity index (χ0n) is 32.6. The SMILES string of the molecule is CSCC[C@H](NC(=O)[C@H](CC(C)C)NC(=O)[C@H](CCCNC(N)N)NC(=O)[C@@H]([NH3+])CC(N)=O)C(=O)N[C@@H](CC(C)C)C(=O)N[C@H](C(=O)NCC(=O)O)[C@@H](C)O. The fourth-order valence-corrected chi connectivity index (χ4v) is 5.60. The normalized spacial score (nSPS) is 15.1. The standard InChI is InChI=1S/C33H63N11O10S/c1-16(2)12-22(42-28(50)20(8-7-10-38-33(36)37)40-27(49)19(34)14-24(35)46)30(52)41-21(9-11-55-6)29(51)43-23(13-17(3)4)31(53)44-26(18(5)45)32(54)39-15-25(47)48/h16-23,26,33,38,45H,7-15,34,36-37H2,1-6H3,(H2,35,46)(H,39,54)(H,40,49)(H,41,52)(H,42,50)(H,43,51)(H,44,53)(H,47,48)/p+1/t18-,19+,20+,21+,22+,23+,26+/m1/s1. The number of thioether (sulfide) groups is 1. The first-order valence-electron chi connectivity index (χ1n) is 18.1. The number of aliphatic hydroxyl groups is 1. The summed E-state index contributed by atoms with van der Waals surface area (Å²) in [6, 6.07) is -7.34. The van der Waals surface area contributed by atoms with Gasteiger partial charge >= 0.3 is 5.97 Å². The Kier molecular flexibility index (Phi) is 24.7. The molecule has 0 radical (unpaired) electrons. The minimum absolute atomic E-state index is 0.0891. The molecule has 7 amide bonds. The van der Waals surface area contributed by atoms with Gasteiger partial charge in [-0.05, 0) is 69.4 Å². The Morgan fingerprint density at radius 1 is 0.691 bits per heavy atom. The highest BCUT2D eigenvalue weighted by molar-refractivity contribution is 7.98. The Balaban J connectivity index is 6.24. The minimum atomic E-state index is -1.53. The number of carbonyl (C=O) groups excluding carboxylic acids is 7. The molecule has 0 aromatic carbocycles. The molecule has 0 rings (SSSR count). The molecule has 0 aliphatic heterocycles. The molecule has 0 aromatic heterocycles. The van der Waals surface area contributed by atoms with Crippen LogP contribution in [0, 0.1) is 11.8 Å². The Morgan fingerprint density at radius 2 is 1.15 bits per heavy atom. The summed E-state index contributed by atoms with van der Waals surface area (Å²) in [7, 11) is 0. The van der Waals surface area contributed by atoms with Crippen LogP contribution in [0.25, 0.3) is 0 Å². The number of nitrogens with one attached hydrogen (secondary N) is 7. The van der Waals surface area contributed by atoms with E-state index in [-0.39, 0.29) is 43.9 Å². The molecule has 0 heterocycles. The summed E-state index contributed by atoms with van der Waals surface area (Å²) >= 11 is 1.40. The number of carboxylic acid groups (broad SMARTS) is 1. The summed E-state index contributed by atoms with van der Waals surface area (Å²) in [5, 5.41) is 36.9. The topological polar surface area (TPSA) is 367 Å². The lowest BCUT2D eigenvalue weighted by molar-refractivity contribution is -0.402. The van der Waals surface area contributed by atoms with Crippen LogP contribution in [0.4, 0.5) is 0 Å². The fraction of sp³-hybridized carbons (Fsp3) is 0.758. The van der Waals surface area contributed by atoms with Crippen LogP contribution in [-0.2, 0) is 38.4 Å². The van der Waals surface area contributed by atoms with Crippen molar-refractivity contribution < 1.29 is 54.3 Å². The number of hydrogen-bond acceptors (Lipinski definition) is 13. The quantitative estimate of drug-likeness (QED) is 0.0260. The molecule has 18 N–H and O–H groups in total. The fourth-order valence-electron chi connectivity index (χ4n) is 5.13. The maximum Gasteiger partial charge on any atom is 0.322 e. The zero-order chi connectivity index (χ0) is 42.4. The first-order chi connectivity index (χ1) is 25.6. The van der Waals surface area contributed by atoms with E-state index in [2.05, 4.69) is 43.0 Å². The molecule has 0 fully saturated rings. The Hall–Kier alpha value is -4.09. The molecule has 316 valence electrons. The van der Waals surface area contributed by atoms with Crippen molar-refractivity contribution in [2.24, 2.45) is 29.0 Å². The molecule has 55 heavy (non-hydrogen) atoms. The van der Waals surface area contributed by atoms with Crippen LogP contribution in [0.3, 0.4) is 0 Å². The van der Waals surface area contributed by atoms with Gasteiger partial charge in [-0.1, -0.05) is 27.7 Å². The summed E-state index contributed by atoms with van der Waals surface area (Å²) in [6.45, 7) is 8.00. The highest BCUT2D eigenvalue weighted by atomic mass is 32.2. The summed E-state index contributed by atoms with van der Waals surface area (Å²) < 4.78 is 0. The predicted octanol–water partition coefficient (Wildman–Crippen LogP) is -5.11. The second-order valence-corrected chi connectivity index (χ2v) is 15.1. The van der Waals surface area contributed by atoms with E-state index in [0.29, 0.717) is 18.7 Å².